The van der Waals surface area contributed by atoms with Crippen molar-refractivity contribution in [3.63, 3.8) is 0 Å². The van der Waals surface area contributed by atoms with E-state index >= 15 is 0 Å². The number of ether oxygens (including phenoxy) is 1. The Kier molecular flexibility index (Phi) is 11.9. The lowest BCUT2D eigenvalue weighted by Crippen LogP contribution is -2.45. The van der Waals surface area contributed by atoms with Gasteiger partial charge in [0.25, 0.3) is 0 Å². The van der Waals surface area contributed by atoms with Gasteiger partial charge in [-0.05, 0) is 60.5 Å². The SMILES string of the molecule is NCCN(CCN)CCCn1cc(-c2ccc(OC(F)(F)F)cc2)c2cc(CN3CCN(Cc4c(Cl)cccc4Cl)CC3)ccc21. The van der Waals surface area contributed by atoms with Crippen molar-refractivity contribution in [3.05, 3.63) is 88.0 Å². The van der Waals surface area contributed by atoms with Crippen LogP contribution in [0.5, 0.6) is 5.75 Å². The lowest BCUT2D eigenvalue weighted by Gasteiger charge is -2.35. The van der Waals surface area contributed by atoms with Gasteiger partial charge in [0.1, 0.15) is 5.75 Å². The summed E-state index contributed by atoms with van der Waals surface area (Å²) in [6.45, 7) is 9.58. The number of nitrogens with zero attached hydrogens (tertiary/aromatic N) is 4. The first-order chi connectivity index (χ1) is 22.1. The third-order valence-electron chi connectivity index (χ3n) is 8.42. The Morgan fingerprint density at radius 3 is 2.04 bits per heavy atom. The first-order valence-corrected chi connectivity index (χ1v) is 16.4. The van der Waals surface area contributed by atoms with Crippen molar-refractivity contribution in [1.82, 2.24) is 19.3 Å². The van der Waals surface area contributed by atoms with Crippen LogP contribution >= 0.6 is 23.2 Å². The molecule has 5 rings (SSSR count). The van der Waals surface area contributed by atoms with Crippen LogP contribution in [-0.2, 0) is 19.6 Å². The largest absolute Gasteiger partial charge is 0.573 e. The van der Waals surface area contributed by atoms with Crippen LogP contribution in [0.2, 0.25) is 10.0 Å². The summed E-state index contributed by atoms with van der Waals surface area (Å²) in [6.07, 6.45) is -1.73. The fourth-order valence-corrected chi connectivity index (χ4v) is 6.65. The second-order valence-corrected chi connectivity index (χ2v) is 12.5. The third kappa shape index (κ3) is 9.16. The number of alkyl halides is 3. The quantitative estimate of drug-likeness (QED) is 0.160. The van der Waals surface area contributed by atoms with Crippen LogP contribution in [0.1, 0.15) is 17.5 Å². The maximum absolute atomic E-state index is 12.8. The maximum Gasteiger partial charge on any atom is 0.573 e. The van der Waals surface area contributed by atoms with Crippen LogP contribution in [0.4, 0.5) is 13.2 Å². The average Bonchev–Trinajstić information content (AvgIpc) is 3.37. The molecule has 0 spiro atoms. The molecule has 1 aromatic heterocycles. The standard InChI is InChI=1S/C34H41Cl2F3N6O/c35-31-3-1-4-32(36)30(31)23-44-19-17-43(18-20-44)22-25-5-10-33-28(21-25)29(26-6-8-27(9-7-26)46-34(37,38)39)24-45(33)14-2-13-42(15-11-40)16-12-41/h1,3-10,21,24H,2,11-20,22-23,40-41H2. The van der Waals surface area contributed by atoms with Crippen LogP contribution in [0, 0.1) is 0 Å². The number of aryl methyl sites for hydroxylation is 1. The van der Waals surface area contributed by atoms with Crippen molar-refractivity contribution in [2.45, 2.75) is 32.4 Å². The van der Waals surface area contributed by atoms with Gasteiger partial charge >= 0.3 is 6.36 Å². The number of rotatable bonds is 14. The number of halogens is 5. The van der Waals surface area contributed by atoms with E-state index in [0.29, 0.717) is 23.1 Å². The number of benzene rings is 3. The molecule has 248 valence electrons. The van der Waals surface area contributed by atoms with E-state index in [0.717, 1.165) is 99.5 Å². The molecule has 12 heteroatoms. The van der Waals surface area contributed by atoms with Crippen molar-refractivity contribution in [1.29, 1.82) is 0 Å². The topological polar surface area (TPSA) is 75.9 Å². The van der Waals surface area contributed by atoms with E-state index in [1.807, 2.05) is 18.2 Å². The summed E-state index contributed by atoms with van der Waals surface area (Å²) in [4.78, 5) is 7.08. The fourth-order valence-electron chi connectivity index (χ4n) is 6.13. The molecule has 4 aromatic rings. The first kappa shape index (κ1) is 34.5. The molecule has 46 heavy (non-hydrogen) atoms. The highest BCUT2D eigenvalue weighted by Gasteiger charge is 2.31. The summed E-state index contributed by atoms with van der Waals surface area (Å²) in [5, 5.41) is 2.45. The summed E-state index contributed by atoms with van der Waals surface area (Å²) >= 11 is 12.8. The number of hydrogen-bond acceptors (Lipinski definition) is 6. The number of fused-ring (bicyclic) bond motifs is 1. The minimum Gasteiger partial charge on any atom is -0.406 e. The van der Waals surface area contributed by atoms with Crippen molar-refractivity contribution < 1.29 is 17.9 Å². The maximum atomic E-state index is 12.8. The highest BCUT2D eigenvalue weighted by molar-refractivity contribution is 6.35. The number of aromatic nitrogens is 1. The van der Waals surface area contributed by atoms with Crippen LogP contribution in [0.3, 0.4) is 0 Å². The molecule has 1 aliphatic heterocycles. The zero-order valence-electron chi connectivity index (χ0n) is 25.8. The van der Waals surface area contributed by atoms with E-state index in [4.69, 9.17) is 34.7 Å². The van der Waals surface area contributed by atoms with Gasteiger partial charge in [-0.15, -0.1) is 13.2 Å². The van der Waals surface area contributed by atoms with E-state index in [1.165, 1.54) is 17.7 Å². The molecular formula is C34H41Cl2F3N6O. The van der Waals surface area contributed by atoms with Crippen molar-refractivity contribution in [2.24, 2.45) is 11.5 Å². The zero-order valence-corrected chi connectivity index (χ0v) is 27.3. The monoisotopic (exact) mass is 676 g/mol. The van der Waals surface area contributed by atoms with Gasteiger partial charge in [-0.3, -0.25) is 9.80 Å². The molecule has 1 aliphatic rings. The predicted molar refractivity (Wildman–Crippen MR) is 180 cm³/mol. The lowest BCUT2D eigenvalue weighted by molar-refractivity contribution is -0.274. The molecule has 1 fully saturated rings. The predicted octanol–water partition coefficient (Wildman–Crippen LogP) is 6.44. The van der Waals surface area contributed by atoms with Crippen molar-refractivity contribution >= 4 is 34.1 Å². The molecule has 7 nitrogen and oxygen atoms in total. The third-order valence-corrected chi connectivity index (χ3v) is 9.13. The van der Waals surface area contributed by atoms with Gasteiger partial charge in [0, 0.05) is 110 Å². The summed E-state index contributed by atoms with van der Waals surface area (Å²) in [5.74, 6) is -0.239. The Balaban J connectivity index is 1.32. The van der Waals surface area contributed by atoms with Crippen LogP contribution in [-0.4, -0.2) is 84.5 Å². The van der Waals surface area contributed by atoms with Gasteiger partial charge in [0.05, 0.1) is 0 Å². The Morgan fingerprint density at radius 1 is 0.804 bits per heavy atom. The van der Waals surface area contributed by atoms with E-state index < -0.39 is 6.36 Å². The average molecular weight is 678 g/mol. The van der Waals surface area contributed by atoms with E-state index in [1.54, 1.807) is 12.1 Å². The van der Waals surface area contributed by atoms with Crippen LogP contribution in [0.15, 0.2) is 66.9 Å². The normalized spacial score (nSPS) is 14.9. The van der Waals surface area contributed by atoms with Gasteiger partial charge in [-0.25, -0.2) is 0 Å². The van der Waals surface area contributed by atoms with Gasteiger partial charge in [0.2, 0.25) is 0 Å². The second kappa shape index (κ2) is 15.8. The van der Waals surface area contributed by atoms with Crippen molar-refractivity contribution in [3.8, 4) is 16.9 Å². The lowest BCUT2D eigenvalue weighted by atomic mass is 10.0. The molecule has 0 amide bonds. The minimum absolute atomic E-state index is 0.239. The Bertz CT molecular complexity index is 1550. The van der Waals surface area contributed by atoms with Gasteiger partial charge in [-0.2, -0.15) is 0 Å². The van der Waals surface area contributed by atoms with Crippen molar-refractivity contribution in [2.75, 3.05) is 58.9 Å². The number of nitrogens with two attached hydrogens (primary N) is 2. The molecular weight excluding hydrogens is 636 g/mol. The zero-order chi connectivity index (χ0) is 32.7. The number of piperazine rings is 1. The van der Waals surface area contributed by atoms with Gasteiger partial charge in [0.15, 0.2) is 0 Å². The van der Waals surface area contributed by atoms with Gasteiger partial charge < -0.3 is 25.7 Å². The van der Waals surface area contributed by atoms with E-state index in [-0.39, 0.29) is 5.75 Å². The molecule has 0 saturated carbocycles. The van der Waals surface area contributed by atoms with Gasteiger partial charge in [-0.1, -0.05) is 47.5 Å². The van der Waals surface area contributed by atoms with Crippen LogP contribution in [0.25, 0.3) is 22.0 Å². The molecule has 0 bridgehead atoms. The molecule has 0 aliphatic carbocycles. The molecule has 0 unspecified atom stereocenters. The molecule has 0 radical (unpaired) electrons. The fraction of sp³-hybridized carbons (Fsp3) is 0.412. The molecule has 1 saturated heterocycles. The van der Waals surface area contributed by atoms with Crippen LogP contribution < -0.4 is 16.2 Å². The van der Waals surface area contributed by atoms with E-state index in [9.17, 15) is 13.2 Å². The summed E-state index contributed by atoms with van der Waals surface area (Å²) in [5.41, 5.74) is 16.6. The summed E-state index contributed by atoms with van der Waals surface area (Å²) in [7, 11) is 0. The highest BCUT2D eigenvalue weighted by atomic mass is 35.5. The Labute approximate surface area is 278 Å². The Hall–Kier alpha value is -2.83. The second-order valence-electron chi connectivity index (χ2n) is 11.7. The first-order valence-electron chi connectivity index (χ1n) is 15.6. The highest BCUT2D eigenvalue weighted by Crippen LogP contribution is 2.34. The number of hydrogen-bond donors (Lipinski definition) is 2. The summed E-state index contributed by atoms with van der Waals surface area (Å²) in [6, 6.07) is 18.2. The molecule has 2 heterocycles. The Morgan fingerprint density at radius 2 is 1.43 bits per heavy atom. The molecule has 4 N–H and O–H groups in total. The summed E-state index contributed by atoms with van der Waals surface area (Å²) < 4.78 is 44.7. The minimum atomic E-state index is -4.73. The smallest absolute Gasteiger partial charge is 0.406 e. The van der Waals surface area contributed by atoms with E-state index in [2.05, 4.69) is 48.4 Å². The molecule has 0 atom stereocenters. The molecule has 3 aromatic carbocycles.